The second-order valence-corrected chi connectivity index (χ2v) is 7.10. The normalized spacial score (nSPS) is 27.8. The summed E-state index contributed by atoms with van der Waals surface area (Å²) in [7, 11) is 0. The third-order valence-corrected chi connectivity index (χ3v) is 5.43. The summed E-state index contributed by atoms with van der Waals surface area (Å²) in [4.78, 5) is 14.1. The van der Waals surface area contributed by atoms with Gasteiger partial charge in [0.25, 0.3) is 0 Å². The van der Waals surface area contributed by atoms with E-state index in [9.17, 15) is 4.79 Å². The number of thioether (sulfide) groups is 1. The minimum absolute atomic E-state index is 0.101. The minimum atomic E-state index is 0.101. The van der Waals surface area contributed by atoms with E-state index < -0.39 is 0 Å². The average molecular weight is 286 g/mol. The molecule has 2 fully saturated rings. The Morgan fingerprint density at radius 2 is 2.37 bits per heavy atom. The van der Waals surface area contributed by atoms with E-state index in [4.69, 9.17) is 4.74 Å². The maximum Gasteiger partial charge on any atom is 0.317 e. The maximum absolute atomic E-state index is 12.1. The Morgan fingerprint density at radius 1 is 1.53 bits per heavy atom. The van der Waals surface area contributed by atoms with Gasteiger partial charge in [-0.05, 0) is 25.2 Å². The summed E-state index contributed by atoms with van der Waals surface area (Å²) in [5, 5.41) is 3.62. The van der Waals surface area contributed by atoms with Gasteiger partial charge >= 0.3 is 6.03 Å². The number of hydrogen-bond donors (Lipinski definition) is 1. The molecule has 0 radical (unpaired) electrons. The number of amides is 2. The molecule has 2 unspecified atom stereocenters. The molecule has 0 spiro atoms. The van der Waals surface area contributed by atoms with Crippen LogP contribution in [0.4, 0.5) is 4.79 Å². The van der Waals surface area contributed by atoms with E-state index in [1.165, 1.54) is 0 Å². The van der Waals surface area contributed by atoms with Gasteiger partial charge < -0.3 is 15.0 Å². The van der Waals surface area contributed by atoms with Crippen LogP contribution >= 0.6 is 11.8 Å². The average Bonchev–Trinajstić information content (AvgIpc) is 2.92. The first-order valence-electron chi connectivity index (χ1n) is 7.43. The molecule has 0 saturated carbocycles. The second-order valence-electron chi connectivity index (χ2n) is 5.75. The van der Waals surface area contributed by atoms with E-state index in [2.05, 4.69) is 19.2 Å². The summed E-state index contributed by atoms with van der Waals surface area (Å²) in [5.74, 6) is 1.69. The predicted octanol–water partition coefficient (Wildman–Crippen LogP) is 2.34. The number of carbonyl (C=O) groups is 1. The first-order valence-corrected chi connectivity index (χ1v) is 8.47. The molecule has 2 aliphatic heterocycles. The highest BCUT2D eigenvalue weighted by Gasteiger charge is 2.26. The van der Waals surface area contributed by atoms with Gasteiger partial charge in [-0.1, -0.05) is 13.8 Å². The van der Waals surface area contributed by atoms with Gasteiger partial charge in [-0.3, -0.25) is 0 Å². The predicted molar refractivity (Wildman–Crippen MR) is 79.6 cm³/mol. The number of carbonyl (C=O) groups excluding carboxylic acids is 1. The van der Waals surface area contributed by atoms with E-state index in [-0.39, 0.29) is 6.03 Å². The summed E-state index contributed by atoms with van der Waals surface area (Å²) in [6.07, 6.45) is 3.62. The largest absolute Gasteiger partial charge is 0.378 e. The van der Waals surface area contributed by atoms with Crippen molar-refractivity contribution in [3.63, 3.8) is 0 Å². The Labute approximate surface area is 120 Å². The molecule has 2 aliphatic rings. The van der Waals surface area contributed by atoms with Crippen LogP contribution in [0.2, 0.25) is 0 Å². The van der Waals surface area contributed by atoms with E-state index in [1.807, 2.05) is 16.7 Å². The van der Waals surface area contributed by atoms with Crippen molar-refractivity contribution < 1.29 is 9.53 Å². The lowest BCUT2D eigenvalue weighted by Crippen LogP contribution is -2.48. The van der Waals surface area contributed by atoms with Gasteiger partial charge in [-0.2, -0.15) is 11.8 Å². The SMILES string of the molecule is CC(C)C1CN(C(=O)NCCC2CCCO2)CCS1. The summed E-state index contributed by atoms with van der Waals surface area (Å²) >= 11 is 2.00. The van der Waals surface area contributed by atoms with Crippen LogP contribution in [0.1, 0.15) is 33.1 Å². The Bertz CT molecular complexity index is 293. The second kappa shape index (κ2) is 7.39. The highest BCUT2D eigenvalue weighted by Crippen LogP contribution is 2.24. The number of nitrogens with one attached hydrogen (secondary N) is 1. The van der Waals surface area contributed by atoms with Crippen LogP contribution in [0.3, 0.4) is 0 Å². The van der Waals surface area contributed by atoms with Crippen LogP contribution in [0, 0.1) is 5.92 Å². The van der Waals surface area contributed by atoms with Crippen molar-refractivity contribution in [2.24, 2.45) is 5.92 Å². The van der Waals surface area contributed by atoms with Crippen molar-refractivity contribution in [2.45, 2.75) is 44.5 Å². The Kier molecular flexibility index (Phi) is 5.82. The summed E-state index contributed by atoms with van der Waals surface area (Å²) in [5.41, 5.74) is 0. The fourth-order valence-corrected chi connectivity index (χ4v) is 3.89. The van der Waals surface area contributed by atoms with Crippen LogP contribution in [0.25, 0.3) is 0 Å². The van der Waals surface area contributed by atoms with Crippen LogP contribution in [0.15, 0.2) is 0 Å². The molecule has 5 heteroatoms. The molecule has 0 aromatic heterocycles. The third-order valence-electron chi connectivity index (χ3n) is 3.89. The Hall–Kier alpha value is -0.420. The smallest absolute Gasteiger partial charge is 0.317 e. The molecule has 1 N–H and O–H groups in total. The molecule has 2 atom stereocenters. The molecule has 0 aromatic rings. The first kappa shape index (κ1) is 15.0. The number of nitrogens with zero attached hydrogens (tertiary/aromatic N) is 1. The van der Waals surface area contributed by atoms with E-state index in [0.717, 1.165) is 51.3 Å². The molecule has 2 amide bonds. The summed E-state index contributed by atoms with van der Waals surface area (Å²) < 4.78 is 5.56. The molecule has 2 saturated heterocycles. The zero-order chi connectivity index (χ0) is 13.7. The van der Waals surface area contributed by atoms with Crippen LogP contribution in [-0.2, 0) is 4.74 Å². The van der Waals surface area contributed by atoms with Gasteiger partial charge in [0.2, 0.25) is 0 Å². The fraction of sp³-hybridized carbons (Fsp3) is 0.929. The van der Waals surface area contributed by atoms with Crippen molar-refractivity contribution in [3.8, 4) is 0 Å². The highest BCUT2D eigenvalue weighted by atomic mass is 32.2. The first-order chi connectivity index (χ1) is 9.16. The molecule has 0 aromatic carbocycles. The Morgan fingerprint density at radius 3 is 3.05 bits per heavy atom. The van der Waals surface area contributed by atoms with Gasteiger partial charge in [-0.15, -0.1) is 0 Å². The molecule has 0 bridgehead atoms. The van der Waals surface area contributed by atoms with Crippen LogP contribution in [0.5, 0.6) is 0 Å². The number of urea groups is 1. The molecule has 0 aliphatic carbocycles. The van der Waals surface area contributed by atoms with Gasteiger partial charge in [0, 0.05) is 37.2 Å². The van der Waals surface area contributed by atoms with Gasteiger partial charge in [0.1, 0.15) is 0 Å². The molecule has 2 rings (SSSR count). The molecular weight excluding hydrogens is 260 g/mol. The van der Waals surface area contributed by atoms with Crippen LogP contribution < -0.4 is 5.32 Å². The van der Waals surface area contributed by atoms with Crippen molar-refractivity contribution in [2.75, 3.05) is 32.0 Å². The summed E-state index contributed by atoms with van der Waals surface area (Å²) in [6, 6.07) is 0.101. The summed E-state index contributed by atoms with van der Waals surface area (Å²) in [6.45, 7) is 7.85. The molecular formula is C14H26N2O2S. The topological polar surface area (TPSA) is 41.6 Å². The molecule has 110 valence electrons. The minimum Gasteiger partial charge on any atom is -0.378 e. The quantitative estimate of drug-likeness (QED) is 0.862. The lowest BCUT2D eigenvalue weighted by Gasteiger charge is -2.34. The van der Waals surface area contributed by atoms with Gasteiger partial charge in [-0.25, -0.2) is 4.79 Å². The van der Waals surface area contributed by atoms with Gasteiger partial charge in [0.15, 0.2) is 0 Å². The van der Waals surface area contributed by atoms with E-state index in [0.29, 0.717) is 17.3 Å². The maximum atomic E-state index is 12.1. The van der Waals surface area contributed by atoms with E-state index >= 15 is 0 Å². The lowest BCUT2D eigenvalue weighted by molar-refractivity contribution is 0.104. The zero-order valence-corrected chi connectivity index (χ0v) is 12.9. The molecule has 4 nitrogen and oxygen atoms in total. The van der Waals surface area contributed by atoms with Crippen LogP contribution in [-0.4, -0.2) is 54.3 Å². The molecule has 2 heterocycles. The standard InChI is InChI=1S/C14H26N2O2S/c1-11(2)13-10-16(7-9-19-13)14(17)15-6-5-12-4-3-8-18-12/h11-13H,3-10H2,1-2H3,(H,15,17). The highest BCUT2D eigenvalue weighted by molar-refractivity contribution is 8.00. The van der Waals surface area contributed by atoms with Crippen molar-refractivity contribution in [1.29, 1.82) is 0 Å². The Balaban J connectivity index is 1.67. The van der Waals surface area contributed by atoms with E-state index in [1.54, 1.807) is 0 Å². The lowest BCUT2D eigenvalue weighted by atomic mass is 10.1. The zero-order valence-electron chi connectivity index (χ0n) is 12.1. The third kappa shape index (κ3) is 4.56. The number of rotatable bonds is 4. The molecule has 19 heavy (non-hydrogen) atoms. The van der Waals surface area contributed by atoms with Crippen molar-refractivity contribution in [3.05, 3.63) is 0 Å². The van der Waals surface area contributed by atoms with Crippen molar-refractivity contribution >= 4 is 17.8 Å². The number of hydrogen-bond acceptors (Lipinski definition) is 3. The fourth-order valence-electron chi connectivity index (χ4n) is 2.59. The number of ether oxygens (including phenoxy) is 1. The monoisotopic (exact) mass is 286 g/mol. The van der Waals surface area contributed by atoms with Crippen molar-refractivity contribution in [1.82, 2.24) is 10.2 Å². The van der Waals surface area contributed by atoms with Gasteiger partial charge in [0.05, 0.1) is 6.10 Å².